The molecule has 0 fully saturated rings. The fraction of sp³-hybridized carbons (Fsp3) is 0.846. The van der Waals surface area contributed by atoms with E-state index in [-0.39, 0.29) is 5.41 Å². The zero-order chi connectivity index (χ0) is 14.0. The second kappa shape index (κ2) is 5.61. The first kappa shape index (κ1) is 15.5. The van der Waals surface area contributed by atoms with Gasteiger partial charge >= 0.3 is 0 Å². The molecule has 104 valence electrons. The fourth-order valence-corrected chi connectivity index (χ4v) is 2.12. The Kier molecular flexibility index (Phi) is 4.84. The lowest BCUT2D eigenvalue weighted by atomic mass is 9.75. The molecule has 0 aliphatic carbocycles. The molecule has 0 spiro atoms. The summed E-state index contributed by atoms with van der Waals surface area (Å²) in [6.07, 6.45) is 0. The molecule has 1 heterocycles. The molecule has 0 saturated carbocycles. The maximum Gasteiger partial charge on any atom is 0.234 e. The Labute approximate surface area is 114 Å². The lowest BCUT2D eigenvalue weighted by Gasteiger charge is -2.34. The molecular formula is C13H25N3OS. The van der Waals surface area contributed by atoms with Crippen LogP contribution in [0.5, 0.6) is 0 Å². The van der Waals surface area contributed by atoms with Crippen LogP contribution in [-0.4, -0.2) is 21.4 Å². The zero-order valence-corrected chi connectivity index (χ0v) is 13.1. The summed E-state index contributed by atoms with van der Waals surface area (Å²) in [4.78, 5) is 4.47. The number of thioether (sulfide) groups is 1. The summed E-state index contributed by atoms with van der Waals surface area (Å²) in [7, 11) is 0. The van der Waals surface area contributed by atoms with Crippen LogP contribution in [0.25, 0.3) is 0 Å². The molecule has 0 radical (unpaired) electrons. The summed E-state index contributed by atoms with van der Waals surface area (Å²) in [5.74, 6) is 3.96. The van der Waals surface area contributed by atoms with Crippen molar-refractivity contribution >= 4 is 11.8 Å². The zero-order valence-electron chi connectivity index (χ0n) is 12.3. The molecule has 0 atom stereocenters. The van der Waals surface area contributed by atoms with Gasteiger partial charge in [-0.1, -0.05) is 19.0 Å². The van der Waals surface area contributed by atoms with E-state index in [1.54, 1.807) is 0 Å². The first-order valence-electron chi connectivity index (χ1n) is 6.34. The van der Waals surface area contributed by atoms with Crippen LogP contribution in [0.4, 0.5) is 0 Å². The highest BCUT2D eigenvalue weighted by Crippen LogP contribution is 2.31. The number of nitrogens with two attached hydrogens (primary N) is 1. The van der Waals surface area contributed by atoms with Crippen molar-refractivity contribution in [1.29, 1.82) is 0 Å². The maximum atomic E-state index is 6.16. The highest BCUT2D eigenvalue weighted by molar-refractivity contribution is 7.98. The average molecular weight is 271 g/mol. The summed E-state index contributed by atoms with van der Waals surface area (Å²) < 4.78 is 5.36. The standard InChI is InChI=1S/C13H25N3OS/c1-9(2)7-18-8-10-15-11(17-16-10)12(3,4)13(5,6)14/h9H,7-8,14H2,1-6H3. The predicted octanol–water partition coefficient (Wildman–Crippen LogP) is 2.97. The summed E-state index contributed by atoms with van der Waals surface area (Å²) in [6.45, 7) is 12.4. The quantitative estimate of drug-likeness (QED) is 0.861. The first-order valence-corrected chi connectivity index (χ1v) is 7.49. The minimum Gasteiger partial charge on any atom is -0.339 e. The van der Waals surface area contributed by atoms with Crippen LogP contribution in [0.1, 0.15) is 53.3 Å². The molecule has 1 aromatic rings. The van der Waals surface area contributed by atoms with Crippen LogP contribution in [0.2, 0.25) is 0 Å². The largest absolute Gasteiger partial charge is 0.339 e. The summed E-state index contributed by atoms with van der Waals surface area (Å²) in [6, 6.07) is 0. The Morgan fingerprint density at radius 3 is 2.39 bits per heavy atom. The molecule has 1 rings (SSSR count). The van der Waals surface area contributed by atoms with Gasteiger partial charge in [-0.05, 0) is 39.4 Å². The molecule has 0 aliphatic heterocycles. The van der Waals surface area contributed by atoms with Crippen LogP contribution in [-0.2, 0) is 11.2 Å². The molecule has 0 aliphatic rings. The SMILES string of the molecule is CC(C)CSCc1noc(C(C)(C)C(C)(C)N)n1. The van der Waals surface area contributed by atoms with E-state index in [1.807, 2.05) is 39.5 Å². The van der Waals surface area contributed by atoms with Crippen molar-refractivity contribution in [1.82, 2.24) is 10.1 Å². The Morgan fingerprint density at radius 1 is 1.28 bits per heavy atom. The molecule has 1 aromatic heterocycles. The highest BCUT2D eigenvalue weighted by atomic mass is 32.2. The molecule has 2 N–H and O–H groups in total. The van der Waals surface area contributed by atoms with Crippen molar-refractivity contribution in [3.05, 3.63) is 11.7 Å². The van der Waals surface area contributed by atoms with Crippen LogP contribution >= 0.6 is 11.8 Å². The number of hydrogen-bond donors (Lipinski definition) is 1. The van der Waals surface area contributed by atoms with Crippen molar-refractivity contribution in [2.24, 2.45) is 11.7 Å². The molecular weight excluding hydrogens is 246 g/mol. The van der Waals surface area contributed by atoms with Gasteiger partial charge < -0.3 is 10.3 Å². The second-order valence-corrected chi connectivity index (χ2v) is 7.30. The van der Waals surface area contributed by atoms with Gasteiger partial charge in [0.05, 0.1) is 11.2 Å². The third kappa shape index (κ3) is 3.72. The molecule has 4 nitrogen and oxygen atoms in total. The topological polar surface area (TPSA) is 64.9 Å². The lowest BCUT2D eigenvalue weighted by Crippen LogP contribution is -2.50. The van der Waals surface area contributed by atoms with E-state index in [9.17, 15) is 0 Å². The van der Waals surface area contributed by atoms with Crippen LogP contribution in [0.3, 0.4) is 0 Å². The van der Waals surface area contributed by atoms with Gasteiger partial charge in [-0.25, -0.2) is 0 Å². The van der Waals surface area contributed by atoms with Gasteiger partial charge in [0.1, 0.15) is 0 Å². The Bertz CT molecular complexity index is 380. The number of rotatable bonds is 6. The molecule has 0 aromatic carbocycles. The van der Waals surface area contributed by atoms with E-state index in [0.29, 0.717) is 11.8 Å². The van der Waals surface area contributed by atoms with E-state index in [4.69, 9.17) is 10.3 Å². The summed E-state index contributed by atoms with van der Waals surface area (Å²) in [5, 5.41) is 4.03. The molecule has 0 unspecified atom stereocenters. The first-order chi connectivity index (χ1) is 8.14. The summed E-state index contributed by atoms with van der Waals surface area (Å²) >= 11 is 1.83. The van der Waals surface area contributed by atoms with E-state index >= 15 is 0 Å². The van der Waals surface area contributed by atoms with Crippen molar-refractivity contribution in [2.75, 3.05) is 5.75 Å². The van der Waals surface area contributed by atoms with Gasteiger partial charge in [0.25, 0.3) is 0 Å². The van der Waals surface area contributed by atoms with Gasteiger partial charge in [0.2, 0.25) is 5.89 Å². The Balaban J connectivity index is 2.69. The Hall–Kier alpha value is -0.550. The van der Waals surface area contributed by atoms with Crippen molar-refractivity contribution in [3.63, 3.8) is 0 Å². The highest BCUT2D eigenvalue weighted by Gasteiger charge is 2.40. The van der Waals surface area contributed by atoms with E-state index in [2.05, 4.69) is 24.0 Å². The summed E-state index contributed by atoms with van der Waals surface area (Å²) in [5.41, 5.74) is 5.43. The molecule has 0 amide bonds. The third-order valence-electron chi connectivity index (χ3n) is 3.30. The normalized spacial score (nSPS) is 13.3. The van der Waals surface area contributed by atoms with E-state index in [0.717, 1.165) is 17.3 Å². The molecule has 18 heavy (non-hydrogen) atoms. The van der Waals surface area contributed by atoms with Crippen molar-refractivity contribution in [3.8, 4) is 0 Å². The Morgan fingerprint density at radius 2 is 1.89 bits per heavy atom. The number of nitrogens with zero attached hydrogens (tertiary/aromatic N) is 2. The second-order valence-electron chi connectivity index (χ2n) is 6.27. The lowest BCUT2D eigenvalue weighted by molar-refractivity contribution is 0.222. The minimum absolute atomic E-state index is 0.332. The number of aromatic nitrogens is 2. The van der Waals surface area contributed by atoms with Gasteiger partial charge in [-0.3, -0.25) is 0 Å². The third-order valence-corrected chi connectivity index (χ3v) is 4.66. The molecule has 0 saturated heterocycles. The molecule has 0 bridgehead atoms. The monoisotopic (exact) mass is 271 g/mol. The smallest absolute Gasteiger partial charge is 0.234 e. The average Bonchev–Trinajstić information content (AvgIpc) is 2.64. The number of hydrogen-bond acceptors (Lipinski definition) is 5. The van der Waals surface area contributed by atoms with E-state index < -0.39 is 5.54 Å². The van der Waals surface area contributed by atoms with Crippen molar-refractivity contribution < 1.29 is 4.52 Å². The minimum atomic E-state index is -0.401. The van der Waals surface area contributed by atoms with Crippen LogP contribution < -0.4 is 5.73 Å². The van der Waals surface area contributed by atoms with Crippen LogP contribution in [0, 0.1) is 5.92 Å². The van der Waals surface area contributed by atoms with Gasteiger partial charge in [0, 0.05) is 5.54 Å². The predicted molar refractivity (Wildman–Crippen MR) is 76.6 cm³/mol. The van der Waals surface area contributed by atoms with Crippen LogP contribution in [0.15, 0.2) is 4.52 Å². The molecule has 5 heteroatoms. The maximum absolute atomic E-state index is 6.16. The van der Waals surface area contributed by atoms with Gasteiger partial charge in [-0.15, -0.1) is 0 Å². The van der Waals surface area contributed by atoms with Gasteiger partial charge in [-0.2, -0.15) is 16.7 Å². The van der Waals surface area contributed by atoms with Gasteiger partial charge in [0.15, 0.2) is 5.82 Å². The fourth-order valence-electron chi connectivity index (χ4n) is 1.23. The van der Waals surface area contributed by atoms with Crippen molar-refractivity contribution in [2.45, 2.75) is 58.2 Å². The van der Waals surface area contributed by atoms with E-state index in [1.165, 1.54) is 0 Å².